The molecule has 0 aliphatic carbocycles. The molecule has 0 spiro atoms. The van der Waals surface area contributed by atoms with E-state index < -0.39 is 10.0 Å². The summed E-state index contributed by atoms with van der Waals surface area (Å²) in [5, 5.41) is 0. The molecule has 2 aromatic rings. The van der Waals surface area contributed by atoms with Crippen LogP contribution < -0.4 is 9.47 Å². The molecule has 2 aromatic carbocycles. The molecule has 3 rings (SSSR count). The molecule has 1 saturated heterocycles. The molecule has 1 aliphatic rings. The number of piperazine rings is 1. The number of hydrogen-bond acceptors (Lipinski definition) is 5. The molecule has 0 unspecified atom stereocenters. The van der Waals surface area contributed by atoms with Gasteiger partial charge in [-0.3, -0.25) is 4.79 Å². The molecule has 0 aromatic heterocycles. The van der Waals surface area contributed by atoms with Crippen LogP contribution in [-0.2, 0) is 10.0 Å². The smallest absolute Gasteiger partial charge is 0.254 e. The molecule has 32 heavy (non-hydrogen) atoms. The van der Waals surface area contributed by atoms with Crippen LogP contribution >= 0.6 is 0 Å². The Labute approximate surface area is 190 Å². The highest BCUT2D eigenvalue weighted by Crippen LogP contribution is 2.29. The molecular formula is C24H30N2O5S. The van der Waals surface area contributed by atoms with Crippen LogP contribution in [0.1, 0.15) is 35.7 Å². The lowest BCUT2D eigenvalue weighted by molar-refractivity contribution is 0.0697. The molecule has 0 radical (unpaired) electrons. The molecule has 1 amide bonds. The number of carbonyl (C=O) groups is 1. The summed E-state index contributed by atoms with van der Waals surface area (Å²) in [5.41, 5.74) is 1.56. The first kappa shape index (κ1) is 23.8. The van der Waals surface area contributed by atoms with E-state index in [-0.39, 0.29) is 23.9 Å². The number of nitrogens with zero attached hydrogens (tertiary/aromatic N) is 2. The minimum absolute atomic E-state index is 0.170. The maximum Gasteiger partial charge on any atom is 0.254 e. The molecule has 172 valence electrons. The summed E-state index contributed by atoms with van der Waals surface area (Å²) in [7, 11) is -2.08. The summed E-state index contributed by atoms with van der Waals surface area (Å²) in [6, 6.07) is 12.0. The van der Waals surface area contributed by atoms with Crippen LogP contribution in [-0.4, -0.2) is 63.4 Å². The lowest BCUT2D eigenvalue weighted by atomic mass is 10.0. The Morgan fingerprint density at radius 2 is 1.72 bits per heavy atom. The second-order valence-electron chi connectivity index (χ2n) is 7.89. The molecule has 0 atom stereocenters. The summed E-state index contributed by atoms with van der Waals surface area (Å²) < 4.78 is 38.3. The summed E-state index contributed by atoms with van der Waals surface area (Å²) in [6.45, 7) is 9.22. The third-order valence-corrected chi connectivity index (χ3v) is 7.39. The van der Waals surface area contributed by atoms with E-state index in [9.17, 15) is 13.2 Å². The van der Waals surface area contributed by atoms with Gasteiger partial charge >= 0.3 is 0 Å². The van der Waals surface area contributed by atoms with E-state index in [0.29, 0.717) is 42.7 Å². The van der Waals surface area contributed by atoms with Gasteiger partial charge in [0.2, 0.25) is 10.0 Å². The van der Waals surface area contributed by atoms with Crippen LogP contribution in [0, 0.1) is 0 Å². The molecule has 1 aliphatic heterocycles. The summed E-state index contributed by atoms with van der Waals surface area (Å²) in [6.07, 6.45) is 1.63. The van der Waals surface area contributed by atoms with Crippen molar-refractivity contribution >= 4 is 15.9 Å². The van der Waals surface area contributed by atoms with Crippen molar-refractivity contribution in [1.29, 1.82) is 0 Å². The fraction of sp³-hybridized carbons (Fsp3) is 0.375. The van der Waals surface area contributed by atoms with E-state index in [2.05, 4.69) is 20.4 Å². The van der Waals surface area contributed by atoms with Crippen LogP contribution in [0.5, 0.6) is 11.5 Å². The Hall–Kier alpha value is -2.84. The zero-order valence-corrected chi connectivity index (χ0v) is 19.6. The van der Waals surface area contributed by atoms with Crippen molar-refractivity contribution in [2.75, 3.05) is 39.9 Å². The van der Waals surface area contributed by atoms with Gasteiger partial charge in [-0.15, -0.1) is 0 Å². The lowest BCUT2D eigenvalue weighted by Gasteiger charge is -2.34. The maximum atomic E-state index is 13.0. The number of amides is 1. The van der Waals surface area contributed by atoms with Gasteiger partial charge < -0.3 is 14.4 Å². The van der Waals surface area contributed by atoms with E-state index in [1.165, 1.54) is 11.4 Å². The standard InChI is InChI=1S/C24H30N2O5S/c1-5-16-31-22-11-8-20(17-23(22)30-4)24(27)25-12-14-26(15-13-25)32(28,29)21-9-6-19(7-10-21)18(2)3/h5-11,17-18H,1,12-16H2,2-4H3. The summed E-state index contributed by atoms with van der Waals surface area (Å²) in [5.74, 6) is 1.16. The fourth-order valence-electron chi connectivity index (χ4n) is 3.56. The van der Waals surface area contributed by atoms with Crippen LogP contribution in [0.25, 0.3) is 0 Å². The Bertz CT molecular complexity index is 1060. The van der Waals surface area contributed by atoms with Crippen LogP contribution in [0.15, 0.2) is 60.0 Å². The van der Waals surface area contributed by atoms with Crippen molar-refractivity contribution in [3.8, 4) is 11.5 Å². The van der Waals surface area contributed by atoms with Crippen molar-refractivity contribution in [1.82, 2.24) is 9.21 Å². The van der Waals surface area contributed by atoms with E-state index >= 15 is 0 Å². The van der Waals surface area contributed by atoms with Gasteiger partial charge in [0.1, 0.15) is 6.61 Å². The van der Waals surface area contributed by atoms with Gasteiger partial charge in [0.15, 0.2) is 11.5 Å². The number of methoxy groups -OCH3 is 1. The van der Waals surface area contributed by atoms with Gasteiger partial charge in [-0.25, -0.2) is 8.42 Å². The van der Waals surface area contributed by atoms with Gasteiger partial charge in [-0.2, -0.15) is 4.31 Å². The van der Waals surface area contributed by atoms with Crippen molar-refractivity contribution in [2.45, 2.75) is 24.7 Å². The van der Waals surface area contributed by atoms with Crippen molar-refractivity contribution in [2.24, 2.45) is 0 Å². The minimum atomic E-state index is -3.59. The molecule has 7 nitrogen and oxygen atoms in total. The number of ether oxygens (including phenoxy) is 2. The van der Waals surface area contributed by atoms with Crippen LogP contribution in [0.4, 0.5) is 0 Å². The predicted octanol–water partition coefficient (Wildman–Crippen LogP) is 3.53. The topological polar surface area (TPSA) is 76.2 Å². The fourth-order valence-corrected chi connectivity index (χ4v) is 4.98. The second kappa shape index (κ2) is 10.2. The number of carbonyl (C=O) groups excluding carboxylic acids is 1. The number of benzene rings is 2. The van der Waals surface area contributed by atoms with E-state index in [0.717, 1.165) is 5.56 Å². The molecule has 8 heteroatoms. The van der Waals surface area contributed by atoms with Gasteiger partial charge in [0.05, 0.1) is 12.0 Å². The number of sulfonamides is 1. The molecule has 1 heterocycles. The monoisotopic (exact) mass is 458 g/mol. The highest BCUT2D eigenvalue weighted by molar-refractivity contribution is 7.89. The molecule has 1 fully saturated rings. The van der Waals surface area contributed by atoms with E-state index in [1.807, 2.05) is 12.1 Å². The third kappa shape index (κ3) is 5.14. The highest BCUT2D eigenvalue weighted by atomic mass is 32.2. The third-order valence-electron chi connectivity index (χ3n) is 5.48. The largest absolute Gasteiger partial charge is 0.493 e. The van der Waals surface area contributed by atoms with Crippen LogP contribution in [0.2, 0.25) is 0 Å². The Balaban J connectivity index is 1.67. The van der Waals surface area contributed by atoms with Crippen LogP contribution in [0.3, 0.4) is 0 Å². The number of hydrogen-bond donors (Lipinski definition) is 0. The molecule has 0 saturated carbocycles. The Morgan fingerprint density at radius 1 is 1.06 bits per heavy atom. The lowest BCUT2D eigenvalue weighted by Crippen LogP contribution is -2.50. The van der Waals surface area contributed by atoms with Gasteiger partial charge in [0.25, 0.3) is 5.91 Å². The van der Waals surface area contributed by atoms with Gasteiger partial charge in [-0.05, 0) is 41.8 Å². The normalized spacial score (nSPS) is 14.9. The maximum absolute atomic E-state index is 13.0. The van der Waals surface area contributed by atoms with E-state index in [4.69, 9.17) is 9.47 Å². The number of rotatable bonds is 8. The van der Waals surface area contributed by atoms with E-state index in [1.54, 1.807) is 41.3 Å². The van der Waals surface area contributed by atoms with Crippen molar-refractivity contribution in [3.63, 3.8) is 0 Å². The first-order valence-corrected chi connectivity index (χ1v) is 12.0. The summed E-state index contributed by atoms with van der Waals surface area (Å²) >= 11 is 0. The molecule has 0 bridgehead atoms. The Morgan fingerprint density at radius 3 is 2.28 bits per heavy atom. The zero-order valence-electron chi connectivity index (χ0n) is 18.8. The highest BCUT2D eigenvalue weighted by Gasteiger charge is 2.30. The molecular weight excluding hydrogens is 428 g/mol. The van der Waals surface area contributed by atoms with Crippen molar-refractivity contribution in [3.05, 3.63) is 66.2 Å². The second-order valence-corrected chi connectivity index (χ2v) is 9.82. The summed E-state index contributed by atoms with van der Waals surface area (Å²) in [4.78, 5) is 14.9. The Kier molecular flexibility index (Phi) is 7.58. The minimum Gasteiger partial charge on any atom is -0.493 e. The first-order valence-electron chi connectivity index (χ1n) is 10.6. The average Bonchev–Trinajstić information content (AvgIpc) is 2.82. The SMILES string of the molecule is C=CCOc1ccc(C(=O)N2CCN(S(=O)(=O)c3ccc(C(C)C)cc3)CC2)cc1OC. The molecule has 0 N–H and O–H groups in total. The average molecular weight is 459 g/mol. The van der Waals surface area contributed by atoms with Gasteiger partial charge in [0, 0.05) is 31.7 Å². The first-order chi connectivity index (χ1) is 15.3. The van der Waals surface area contributed by atoms with Crippen molar-refractivity contribution < 1.29 is 22.7 Å². The predicted molar refractivity (Wildman–Crippen MR) is 124 cm³/mol. The zero-order chi connectivity index (χ0) is 23.3. The van der Waals surface area contributed by atoms with Gasteiger partial charge in [-0.1, -0.05) is 38.6 Å². The quantitative estimate of drug-likeness (QED) is 0.566.